The van der Waals surface area contributed by atoms with E-state index in [2.05, 4.69) is 5.32 Å². The topological polar surface area (TPSA) is 90.0 Å². The van der Waals surface area contributed by atoms with Crippen LogP contribution < -0.4 is 5.32 Å². The van der Waals surface area contributed by atoms with Crippen LogP contribution in [0.2, 0.25) is 0 Å². The first-order valence-corrected chi connectivity index (χ1v) is 7.04. The molecule has 0 aromatic heterocycles. The normalized spacial score (nSPS) is 16.7. The Bertz CT molecular complexity index is 440. The predicted molar refractivity (Wildman–Crippen MR) is 77.5 cm³/mol. The van der Waals surface area contributed by atoms with Gasteiger partial charge in [-0.3, -0.25) is 14.5 Å². The highest BCUT2D eigenvalue weighted by Gasteiger charge is 2.36. The summed E-state index contributed by atoms with van der Waals surface area (Å²) in [4.78, 5) is 37.6. The molecule has 1 saturated heterocycles. The van der Waals surface area contributed by atoms with Gasteiger partial charge in [-0.2, -0.15) is 0 Å². The van der Waals surface area contributed by atoms with E-state index in [-0.39, 0.29) is 37.4 Å². The number of amides is 4. The van der Waals surface area contributed by atoms with Gasteiger partial charge in [0.2, 0.25) is 11.8 Å². The second kappa shape index (κ2) is 6.01. The monoisotopic (exact) mass is 299 g/mol. The second-order valence-corrected chi connectivity index (χ2v) is 6.52. The fourth-order valence-electron chi connectivity index (χ4n) is 1.85. The fraction of sp³-hybridized carbons (Fsp3) is 0.786. The maximum Gasteiger partial charge on any atom is 0.326 e. The summed E-state index contributed by atoms with van der Waals surface area (Å²) in [6.07, 6.45) is 0.597. The van der Waals surface area contributed by atoms with E-state index in [0.29, 0.717) is 6.42 Å². The summed E-state index contributed by atoms with van der Waals surface area (Å²) in [6, 6.07) is -0.322. The van der Waals surface area contributed by atoms with Crippen molar-refractivity contribution in [2.24, 2.45) is 0 Å². The molecule has 4 amide bonds. The van der Waals surface area contributed by atoms with Crippen molar-refractivity contribution >= 4 is 17.8 Å². The van der Waals surface area contributed by atoms with Crippen LogP contribution in [-0.4, -0.2) is 64.0 Å². The molecule has 0 aromatic rings. The van der Waals surface area contributed by atoms with Gasteiger partial charge in [-0.1, -0.05) is 0 Å². The van der Waals surface area contributed by atoms with E-state index < -0.39 is 11.1 Å². The van der Waals surface area contributed by atoms with Crippen LogP contribution in [0.1, 0.15) is 40.5 Å². The minimum atomic E-state index is -1.05. The van der Waals surface area contributed by atoms with Crippen molar-refractivity contribution in [2.75, 3.05) is 20.1 Å². The first-order chi connectivity index (χ1) is 9.45. The molecular formula is C14H25N3O4. The van der Waals surface area contributed by atoms with Gasteiger partial charge in [-0.05, 0) is 34.1 Å². The molecule has 0 saturated carbocycles. The number of urea groups is 1. The van der Waals surface area contributed by atoms with E-state index in [0.717, 1.165) is 4.90 Å². The summed E-state index contributed by atoms with van der Waals surface area (Å²) in [5, 5.41) is 12.7. The summed E-state index contributed by atoms with van der Waals surface area (Å²) in [5.41, 5.74) is -1.81. The minimum Gasteiger partial charge on any atom is -0.388 e. The molecule has 0 bridgehead atoms. The van der Waals surface area contributed by atoms with Crippen LogP contribution >= 0.6 is 0 Å². The van der Waals surface area contributed by atoms with Crippen LogP contribution in [0.4, 0.5) is 4.79 Å². The molecular weight excluding hydrogens is 274 g/mol. The van der Waals surface area contributed by atoms with Crippen molar-refractivity contribution in [1.82, 2.24) is 15.1 Å². The number of hydrogen-bond acceptors (Lipinski definition) is 4. The predicted octanol–water partition coefficient (Wildman–Crippen LogP) is 0.326. The second-order valence-electron chi connectivity index (χ2n) is 6.52. The third kappa shape index (κ3) is 4.17. The highest BCUT2D eigenvalue weighted by molar-refractivity contribution is 6.01. The van der Waals surface area contributed by atoms with Gasteiger partial charge in [0.1, 0.15) is 6.54 Å². The first kappa shape index (κ1) is 17.4. The van der Waals surface area contributed by atoms with E-state index >= 15 is 0 Å². The molecule has 1 aliphatic rings. The van der Waals surface area contributed by atoms with Gasteiger partial charge >= 0.3 is 6.03 Å². The highest BCUT2D eigenvalue weighted by Crippen LogP contribution is 2.20. The Morgan fingerprint density at radius 3 is 2.29 bits per heavy atom. The van der Waals surface area contributed by atoms with Crippen LogP contribution in [0, 0.1) is 0 Å². The Kier molecular flexibility index (Phi) is 4.99. The van der Waals surface area contributed by atoms with Crippen molar-refractivity contribution in [2.45, 2.75) is 51.7 Å². The smallest absolute Gasteiger partial charge is 0.326 e. The highest BCUT2D eigenvalue weighted by atomic mass is 16.3. The zero-order valence-electron chi connectivity index (χ0n) is 13.4. The Morgan fingerprint density at radius 2 is 1.86 bits per heavy atom. The molecule has 1 heterocycles. The van der Waals surface area contributed by atoms with Crippen molar-refractivity contribution in [1.29, 1.82) is 0 Å². The third-order valence-corrected chi connectivity index (χ3v) is 4.00. The number of carbonyl (C=O) groups excluding carboxylic acids is 3. The Labute approximate surface area is 125 Å². The van der Waals surface area contributed by atoms with Gasteiger partial charge in [-0.15, -0.1) is 0 Å². The Balaban J connectivity index is 2.41. The van der Waals surface area contributed by atoms with Crippen molar-refractivity contribution in [3.05, 3.63) is 0 Å². The average molecular weight is 299 g/mol. The molecule has 2 N–H and O–H groups in total. The summed E-state index contributed by atoms with van der Waals surface area (Å²) in [6.45, 7) is 7.07. The number of carbonyl (C=O) groups is 3. The standard InChI is InChI=1S/C14H25N3O4/c1-13(2,14(3,4)21)15-10(18)7-6-8-17-11(19)9-16(5)12(17)20/h21H,6-9H2,1-5H3,(H,15,18). The lowest BCUT2D eigenvalue weighted by atomic mass is 9.86. The molecule has 0 spiro atoms. The molecule has 21 heavy (non-hydrogen) atoms. The number of imide groups is 1. The molecule has 1 aliphatic heterocycles. The van der Waals surface area contributed by atoms with Gasteiger partial charge < -0.3 is 15.3 Å². The van der Waals surface area contributed by atoms with Crippen molar-refractivity contribution < 1.29 is 19.5 Å². The minimum absolute atomic E-state index is 0.0940. The molecule has 7 heteroatoms. The van der Waals surface area contributed by atoms with Crippen LogP contribution in [0.5, 0.6) is 0 Å². The van der Waals surface area contributed by atoms with E-state index in [4.69, 9.17) is 0 Å². The van der Waals surface area contributed by atoms with Gasteiger partial charge in [0, 0.05) is 20.0 Å². The van der Waals surface area contributed by atoms with E-state index in [1.165, 1.54) is 4.90 Å². The number of likely N-dealkylation sites (N-methyl/N-ethyl adjacent to an activating group) is 1. The first-order valence-electron chi connectivity index (χ1n) is 7.04. The van der Waals surface area contributed by atoms with Gasteiger partial charge in [0.25, 0.3) is 0 Å². The summed E-state index contributed by atoms with van der Waals surface area (Å²) < 4.78 is 0. The molecule has 1 fully saturated rings. The average Bonchev–Trinajstić information content (AvgIpc) is 2.53. The number of rotatable bonds is 6. The van der Waals surface area contributed by atoms with Crippen molar-refractivity contribution in [3.8, 4) is 0 Å². The lowest BCUT2D eigenvalue weighted by Gasteiger charge is -2.38. The molecule has 1 rings (SSSR count). The van der Waals surface area contributed by atoms with Crippen molar-refractivity contribution in [3.63, 3.8) is 0 Å². The fourth-order valence-corrected chi connectivity index (χ4v) is 1.85. The van der Waals surface area contributed by atoms with Gasteiger partial charge in [0.15, 0.2) is 0 Å². The number of nitrogens with zero attached hydrogens (tertiary/aromatic N) is 2. The summed E-state index contributed by atoms with van der Waals surface area (Å²) in [5.74, 6) is -0.450. The van der Waals surface area contributed by atoms with E-state index in [1.54, 1.807) is 34.7 Å². The largest absolute Gasteiger partial charge is 0.388 e. The Hall–Kier alpha value is -1.63. The van der Waals surface area contributed by atoms with Crippen LogP contribution in [0.15, 0.2) is 0 Å². The zero-order chi connectivity index (χ0) is 16.4. The molecule has 0 aromatic carbocycles. The summed E-state index contributed by atoms with van der Waals surface area (Å²) >= 11 is 0. The summed E-state index contributed by atoms with van der Waals surface area (Å²) in [7, 11) is 1.57. The lowest BCUT2D eigenvalue weighted by Crippen LogP contribution is -2.57. The van der Waals surface area contributed by atoms with Crippen LogP contribution in [-0.2, 0) is 9.59 Å². The number of hydrogen-bond donors (Lipinski definition) is 2. The molecule has 0 unspecified atom stereocenters. The quantitative estimate of drug-likeness (QED) is 0.691. The molecule has 0 aliphatic carbocycles. The van der Waals surface area contributed by atoms with E-state index in [9.17, 15) is 19.5 Å². The van der Waals surface area contributed by atoms with Gasteiger partial charge in [0.05, 0.1) is 11.1 Å². The molecule has 120 valence electrons. The third-order valence-electron chi connectivity index (χ3n) is 4.00. The molecule has 0 radical (unpaired) electrons. The molecule has 7 nitrogen and oxygen atoms in total. The van der Waals surface area contributed by atoms with Crippen LogP contribution in [0.3, 0.4) is 0 Å². The number of nitrogens with one attached hydrogen (secondary N) is 1. The van der Waals surface area contributed by atoms with E-state index in [1.807, 2.05) is 0 Å². The zero-order valence-corrected chi connectivity index (χ0v) is 13.4. The maximum atomic E-state index is 11.9. The number of aliphatic hydroxyl groups is 1. The Morgan fingerprint density at radius 1 is 1.29 bits per heavy atom. The molecule has 0 atom stereocenters. The maximum absolute atomic E-state index is 11.9. The lowest BCUT2D eigenvalue weighted by molar-refractivity contribution is -0.128. The van der Waals surface area contributed by atoms with Gasteiger partial charge in [-0.25, -0.2) is 4.79 Å². The SMILES string of the molecule is CN1CC(=O)N(CCCC(=O)NC(C)(C)C(C)(C)O)C1=O. The van der Waals surface area contributed by atoms with Crippen LogP contribution in [0.25, 0.3) is 0 Å².